The normalized spacial score (nSPS) is 13.0. The van der Waals surface area contributed by atoms with Gasteiger partial charge in [-0.1, -0.05) is 85.8 Å². The van der Waals surface area contributed by atoms with Crippen LogP contribution in [0, 0.1) is 0 Å². The Morgan fingerprint density at radius 1 is 0.833 bits per heavy atom. The predicted octanol–water partition coefficient (Wildman–Crippen LogP) is 5.90. The second-order valence-corrected chi connectivity index (χ2v) is 11.9. The van der Waals surface area contributed by atoms with Gasteiger partial charge in [-0.3, -0.25) is 9.59 Å². The second-order valence-electron chi connectivity index (χ2n) is 11.9. The predicted molar refractivity (Wildman–Crippen MR) is 164 cm³/mol. The summed E-state index contributed by atoms with van der Waals surface area (Å²) in [6, 6.07) is 23.1. The van der Waals surface area contributed by atoms with Crippen molar-refractivity contribution in [2.24, 2.45) is 0 Å². The summed E-state index contributed by atoms with van der Waals surface area (Å²) in [5.74, 6) is -1.03. The van der Waals surface area contributed by atoms with Crippen LogP contribution in [0.15, 0.2) is 84.9 Å². The third-order valence-electron chi connectivity index (χ3n) is 7.07. The minimum atomic E-state index is -1.18. The molecule has 0 aromatic heterocycles. The van der Waals surface area contributed by atoms with Gasteiger partial charge in [-0.05, 0) is 58.2 Å². The molecule has 0 bridgehead atoms. The van der Waals surface area contributed by atoms with Crippen molar-refractivity contribution in [2.75, 3.05) is 0 Å². The van der Waals surface area contributed by atoms with Crippen molar-refractivity contribution in [3.63, 3.8) is 0 Å². The van der Waals surface area contributed by atoms with Crippen LogP contribution in [0.3, 0.4) is 0 Å². The number of phenolic OH excluding ortho intramolecular Hbond substituents is 1. The quantitative estimate of drug-likeness (QED) is 0.265. The molecule has 8 nitrogen and oxygen atoms in total. The van der Waals surface area contributed by atoms with Crippen LogP contribution in [0.1, 0.15) is 70.7 Å². The van der Waals surface area contributed by atoms with E-state index in [9.17, 15) is 19.5 Å². The van der Waals surface area contributed by atoms with Crippen LogP contribution in [0.25, 0.3) is 0 Å². The summed E-state index contributed by atoms with van der Waals surface area (Å²) in [5.41, 5.74) is 0.381. The van der Waals surface area contributed by atoms with Crippen LogP contribution in [-0.4, -0.2) is 45.1 Å². The van der Waals surface area contributed by atoms with Crippen molar-refractivity contribution in [1.29, 1.82) is 0 Å². The van der Waals surface area contributed by atoms with Crippen LogP contribution in [0.2, 0.25) is 0 Å². The van der Waals surface area contributed by atoms with Crippen molar-refractivity contribution in [1.82, 2.24) is 15.5 Å². The number of ether oxygens (including phenoxy) is 1. The number of phenols is 1. The number of nitrogens with zero attached hydrogens (tertiary/aromatic N) is 1. The van der Waals surface area contributed by atoms with Gasteiger partial charge in [0.25, 0.3) is 0 Å². The monoisotopic (exact) mass is 573 g/mol. The van der Waals surface area contributed by atoms with Gasteiger partial charge in [0.2, 0.25) is 11.8 Å². The molecule has 0 heterocycles. The van der Waals surface area contributed by atoms with E-state index in [4.69, 9.17) is 4.74 Å². The molecule has 0 radical (unpaired) electrons. The maximum absolute atomic E-state index is 14.7. The third kappa shape index (κ3) is 8.83. The minimum Gasteiger partial charge on any atom is -0.508 e. The lowest BCUT2D eigenvalue weighted by Crippen LogP contribution is -2.59. The highest BCUT2D eigenvalue weighted by molar-refractivity contribution is 5.93. The van der Waals surface area contributed by atoms with Gasteiger partial charge in [-0.15, -0.1) is 0 Å². The first kappa shape index (κ1) is 32.2. The summed E-state index contributed by atoms with van der Waals surface area (Å²) in [4.78, 5) is 43.2. The topological polar surface area (TPSA) is 108 Å². The molecule has 0 saturated carbocycles. The largest absolute Gasteiger partial charge is 0.508 e. The van der Waals surface area contributed by atoms with Crippen molar-refractivity contribution in [3.8, 4) is 5.75 Å². The average molecular weight is 574 g/mol. The second kappa shape index (κ2) is 14.0. The average Bonchev–Trinajstić information content (AvgIpc) is 2.94. The Hall–Kier alpha value is -4.33. The van der Waals surface area contributed by atoms with Crippen molar-refractivity contribution < 1.29 is 24.2 Å². The first-order chi connectivity index (χ1) is 19.8. The van der Waals surface area contributed by atoms with E-state index < -0.39 is 41.1 Å². The maximum atomic E-state index is 14.7. The number of aromatic hydroxyl groups is 1. The number of para-hydroxylation sites is 1. The summed E-state index contributed by atoms with van der Waals surface area (Å²) < 4.78 is 5.51. The van der Waals surface area contributed by atoms with E-state index in [0.29, 0.717) is 6.42 Å². The molecule has 0 fully saturated rings. The molecule has 42 heavy (non-hydrogen) atoms. The first-order valence-corrected chi connectivity index (χ1v) is 14.3. The molecule has 0 aliphatic carbocycles. The van der Waals surface area contributed by atoms with Gasteiger partial charge in [0.15, 0.2) is 0 Å². The van der Waals surface area contributed by atoms with E-state index in [1.807, 2.05) is 81.4 Å². The van der Waals surface area contributed by atoms with E-state index in [-0.39, 0.29) is 24.3 Å². The molecule has 3 N–H and O–H groups in total. The van der Waals surface area contributed by atoms with Crippen LogP contribution >= 0.6 is 0 Å². The lowest BCUT2D eigenvalue weighted by Gasteiger charge is -2.44. The van der Waals surface area contributed by atoms with E-state index >= 15 is 0 Å². The summed E-state index contributed by atoms with van der Waals surface area (Å²) in [7, 11) is 0. The number of carbonyl (C=O) groups is 3. The molecule has 0 aliphatic rings. The number of carbonyl (C=O) groups excluding carboxylic acids is 3. The molecule has 3 rings (SSSR count). The molecular formula is C34H43N3O5. The fourth-order valence-corrected chi connectivity index (χ4v) is 4.61. The zero-order valence-corrected chi connectivity index (χ0v) is 25.4. The van der Waals surface area contributed by atoms with E-state index in [2.05, 4.69) is 10.6 Å². The van der Waals surface area contributed by atoms with Gasteiger partial charge >= 0.3 is 6.09 Å². The van der Waals surface area contributed by atoms with Gasteiger partial charge in [-0.2, -0.15) is 0 Å². The number of rotatable bonds is 11. The number of nitrogens with one attached hydrogen (secondary N) is 2. The smallest absolute Gasteiger partial charge is 0.408 e. The van der Waals surface area contributed by atoms with Crippen LogP contribution in [0.5, 0.6) is 5.75 Å². The van der Waals surface area contributed by atoms with Gasteiger partial charge in [0.05, 0.1) is 0 Å². The molecule has 3 amide bonds. The molecule has 8 heteroatoms. The lowest BCUT2D eigenvalue weighted by molar-refractivity contribution is -0.149. The Kier molecular flexibility index (Phi) is 10.8. The standard InChI is InChI=1S/C34H43N3O5/c1-7-34(5,6)37(31(40)27(22-24-16-10-8-11-17-24)36-32(41)42-33(2,3)4)29(26-20-14-15-21-28(26)38)30(39)35-23-25-18-12-9-13-19-25/h8-21,27,29,38H,7,22-23H2,1-6H3,(H,35,39)(H,36,41). The van der Waals surface area contributed by atoms with Gasteiger partial charge in [0, 0.05) is 24.1 Å². The van der Waals surface area contributed by atoms with Gasteiger partial charge < -0.3 is 25.4 Å². The highest BCUT2D eigenvalue weighted by Crippen LogP contribution is 2.36. The van der Waals surface area contributed by atoms with Gasteiger partial charge in [-0.25, -0.2) is 4.79 Å². The molecule has 2 atom stereocenters. The zero-order valence-electron chi connectivity index (χ0n) is 25.4. The number of amides is 3. The molecule has 3 aromatic carbocycles. The zero-order chi connectivity index (χ0) is 30.9. The van der Waals surface area contributed by atoms with Crippen LogP contribution in [-0.2, 0) is 27.3 Å². The van der Waals surface area contributed by atoms with Crippen LogP contribution < -0.4 is 10.6 Å². The Bertz CT molecular complexity index is 1340. The molecule has 2 unspecified atom stereocenters. The molecule has 3 aromatic rings. The fourth-order valence-electron chi connectivity index (χ4n) is 4.61. The highest BCUT2D eigenvalue weighted by Gasteiger charge is 2.44. The Balaban J connectivity index is 2.09. The summed E-state index contributed by atoms with van der Waals surface area (Å²) in [6.45, 7) is 11.2. The Morgan fingerprint density at radius 2 is 1.38 bits per heavy atom. The summed E-state index contributed by atoms with van der Waals surface area (Å²) in [6.07, 6.45) is -0.0631. The first-order valence-electron chi connectivity index (χ1n) is 14.3. The van der Waals surface area contributed by atoms with Crippen molar-refractivity contribution in [2.45, 2.75) is 84.2 Å². The molecule has 0 spiro atoms. The lowest BCUT2D eigenvalue weighted by atomic mass is 9.90. The summed E-state index contributed by atoms with van der Waals surface area (Å²) in [5, 5.41) is 16.7. The third-order valence-corrected chi connectivity index (χ3v) is 7.07. The van der Waals surface area contributed by atoms with E-state index in [1.165, 1.54) is 11.0 Å². The fraction of sp³-hybridized carbons (Fsp3) is 0.382. The minimum absolute atomic E-state index is 0.109. The maximum Gasteiger partial charge on any atom is 0.408 e. The van der Waals surface area contributed by atoms with E-state index in [1.54, 1.807) is 39.0 Å². The number of hydrogen-bond acceptors (Lipinski definition) is 5. The number of alkyl carbamates (subject to hydrolysis) is 1. The van der Waals surface area contributed by atoms with E-state index in [0.717, 1.165) is 11.1 Å². The highest BCUT2D eigenvalue weighted by atomic mass is 16.6. The van der Waals surface area contributed by atoms with Crippen molar-refractivity contribution >= 4 is 17.9 Å². The number of hydrogen-bond donors (Lipinski definition) is 3. The Labute approximate surface area is 249 Å². The number of benzene rings is 3. The molecule has 224 valence electrons. The van der Waals surface area contributed by atoms with Gasteiger partial charge in [0.1, 0.15) is 23.4 Å². The Morgan fingerprint density at radius 3 is 1.93 bits per heavy atom. The summed E-state index contributed by atoms with van der Waals surface area (Å²) >= 11 is 0. The SMILES string of the molecule is CCC(C)(C)N(C(=O)C(Cc1ccccc1)NC(=O)OC(C)(C)C)C(C(=O)NCc1ccccc1)c1ccccc1O. The molecular weight excluding hydrogens is 530 g/mol. The molecule has 0 aliphatic heterocycles. The van der Waals surface area contributed by atoms with Crippen LogP contribution in [0.4, 0.5) is 4.79 Å². The van der Waals surface area contributed by atoms with Crippen molar-refractivity contribution in [3.05, 3.63) is 102 Å². The molecule has 0 saturated heterocycles.